The fraction of sp³-hybridized carbons (Fsp3) is 0.472. The van der Waals surface area contributed by atoms with E-state index in [0.29, 0.717) is 19.4 Å². The second-order valence-corrected chi connectivity index (χ2v) is 13.4. The highest BCUT2D eigenvalue weighted by Crippen LogP contribution is 2.51. The average Bonchev–Trinajstić information content (AvgIpc) is 2.99. The predicted molar refractivity (Wildman–Crippen MR) is 178 cm³/mol. The summed E-state index contributed by atoms with van der Waals surface area (Å²) in [6.45, 7) is 15.2. The third kappa shape index (κ3) is 9.03. The van der Waals surface area contributed by atoms with E-state index in [4.69, 9.17) is 28.5 Å². The maximum atomic E-state index is 9.13. The molecule has 0 saturated heterocycles. The average molecular weight is 621 g/mol. The fourth-order valence-corrected chi connectivity index (χ4v) is 7.38. The first-order valence-electron chi connectivity index (χ1n) is 15.3. The monoisotopic (exact) mass is 620 g/mol. The summed E-state index contributed by atoms with van der Waals surface area (Å²) in [5, 5.41) is 9.13. The van der Waals surface area contributed by atoms with Crippen LogP contribution in [0.3, 0.4) is 0 Å². The van der Waals surface area contributed by atoms with E-state index >= 15 is 0 Å². The second kappa shape index (κ2) is 16.4. The molecule has 238 valence electrons. The Morgan fingerprint density at radius 2 is 1.23 bits per heavy atom. The van der Waals surface area contributed by atoms with Gasteiger partial charge in [0.15, 0.2) is 0 Å². The first kappa shape index (κ1) is 35.5. The minimum Gasteiger partial charge on any atom is -0.497 e. The van der Waals surface area contributed by atoms with Crippen molar-refractivity contribution in [1.29, 1.82) is 5.26 Å². The van der Waals surface area contributed by atoms with Gasteiger partial charge in [0.05, 0.1) is 45.0 Å². The van der Waals surface area contributed by atoms with Crippen LogP contribution in [-0.4, -0.2) is 49.3 Å². The molecule has 0 aliphatic rings. The van der Waals surface area contributed by atoms with Crippen LogP contribution < -0.4 is 9.47 Å². The van der Waals surface area contributed by atoms with Crippen LogP contribution in [0, 0.1) is 11.3 Å². The number of rotatable bonds is 17. The third-order valence-corrected chi connectivity index (χ3v) is 9.67. The van der Waals surface area contributed by atoms with Crippen molar-refractivity contribution in [3.05, 3.63) is 95.6 Å². The lowest BCUT2D eigenvalue weighted by Crippen LogP contribution is -2.40. The molecule has 2 atom stereocenters. The Labute approximate surface area is 266 Å². The molecule has 44 heavy (non-hydrogen) atoms. The number of ether oxygens (including phenoxy) is 3. The Hall–Kier alpha value is -2.98. The SMILES string of the molecule is COc1ccc(C(OC(C)CC(C)(C)OP(OCCC#N)N(C(C)C)C(C)C)(c2ccccc2)c2ccc(OC)cc2)cc1. The smallest absolute Gasteiger partial charge is 0.259 e. The fourth-order valence-electron chi connectivity index (χ4n) is 5.60. The molecule has 2 unspecified atom stereocenters. The highest BCUT2D eigenvalue weighted by Gasteiger charge is 2.41. The molecule has 3 aromatic rings. The Morgan fingerprint density at radius 1 is 0.750 bits per heavy atom. The largest absolute Gasteiger partial charge is 0.497 e. The number of methoxy groups -OCH3 is 2. The van der Waals surface area contributed by atoms with Crippen LogP contribution in [0.25, 0.3) is 0 Å². The van der Waals surface area contributed by atoms with Crippen LogP contribution in [0.15, 0.2) is 78.9 Å². The molecule has 0 radical (unpaired) electrons. The number of nitrogens with zero attached hydrogens (tertiary/aromatic N) is 2. The van der Waals surface area contributed by atoms with E-state index < -0.39 is 19.7 Å². The summed E-state index contributed by atoms with van der Waals surface area (Å²) in [5.41, 5.74) is 1.45. The van der Waals surface area contributed by atoms with Crippen molar-refractivity contribution in [2.24, 2.45) is 0 Å². The van der Waals surface area contributed by atoms with Gasteiger partial charge in [0.1, 0.15) is 17.1 Å². The van der Waals surface area contributed by atoms with Gasteiger partial charge in [-0.2, -0.15) is 5.26 Å². The molecular formula is C36H49N2O5P. The lowest BCUT2D eigenvalue weighted by Gasteiger charge is -2.42. The zero-order valence-corrected chi connectivity index (χ0v) is 28.6. The highest BCUT2D eigenvalue weighted by atomic mass is 31.2. The van der Waals surface area contributed by atoms with Crippen molar-refractivity contribution in [3.63, 3.8) is 0 Å². The van der Waals surface area contributed by atoms with Gasteiger partial charge in [-0.25, -0.2) is 4.67 Å². The van der Waals surface area contributed by atoms with Crippen LogP contribution >= 0.6 is 8.53 Å². The van der Waals surface area contributed by atoms with Crippen molar-refractivity contribution in [2.45, 2.75) is 90.7 Å². The number of benzene rings is 3. The van der Waals surface area contributed by atoms with Gasteiger partial charge in [0, 0.05) is 18.5 Å². The number of hydrogen-bond donors (Lipinski definition) is 0. The lowest BCUT2D eigenvalue weighted by atomic mass is 9.79. The van der Waals surface area contributed by atoms with Gasteiger partial charge >= 0.3 is 0 Å². The molecule has 0 aromatic heterocycles. The summed E-state index contributed by atoms with van der Waals surface area (Å²) in [6.07, 6.45) is 0.672. The van der Waals surface area contributed by atoms with Crippen LogP contribution in [0.4, 0.5) is 0 Å². The first-order chi connectivity index (χ1) is 21.0. The molecule has 0 aliphatic carbocycles. The molecule has 0 N–H and O–H groups in total. The zero-order valence-electron chi connectivity index (χ0n) is 27.7. The molecule has 3 aromatic carbocycles. The quantitative estimate of drug-likeness (QED) is 0.0848. The van der Waals surface area contributed by atoms with Crippen LogP contribution in [0.5, 0.6) is 11.5 Å². The summed E-state index contributed by atoms with van der Waals surface area (Å²) in [7, 11) is 1.93. The molecule has 8 heteroatoms. The van der Waals surface area contributed by atoms with Crippen molar-refractivity contribution in [2.75, 3.05) is 20.8 Å². The van der Waals surface area contributed by atoms with Gasteiger partial charge in [-0.1, -0.05) is 54.6 Å². The molecule has 0 aliphatic heterocycles. The maximum Gasteiger partial charge on any atom is 0.259 e. The maximum absolute atomic E-state index is 9.13. The van der Waals surface area contributed by atoms with E-state index in [1.165, 1.54) is 0 Å². The summed E-state index contributed by atoms with van der Waals surface area (Å²) < 4.78 is 33.5. The molecule has 0 amide bonds. The lowest BCUT2D eigenvalue weighted by molar-refractivity contribution is -0.0699. The summed E-state index contributed by atoms with van der Waals surface area (Å²) in [4.78, 5) is 0. The second-order valence-electron chi connectivity index (χ2n) is 12.0. The van der Waals surface area contributed by atoms with Crippen molar-refractivity contribution >= 4 is 8.53 Å². The van der Waals surface area contributed by atoms with Gasteiger partial charge in [0.25, 0.3) is 8.53 Å². The van der Waals surface area contributed by atoms with E-state index in [0.717, 1.165) is 28.2 Å². The van der Waals surface area contributed by atoms with Gasteiger partial charge in [0.2, 0.25) is 0 Å². The molecule has 0 saturated carbocycles. The zero-order chi connectivity index (χ0) is 32.3. The van der Waals surface area contributed by atoms with Crippen molar-refractivity contribution < 1.29 is 23.3 Å². The Morgan fingerprint density at radius 3 is 1.66 bits per heavy atom. The Bertz CT molecular complexity index is 1250. The van der Waals surface area contributed by atoms with Gasteiger partial charge in [-0.3, -0.25) is 0 Å². The minimum absolute atomic E-state index is 0.212. The van der Waals surface area contributed by atoms with E-state index in [9.17, 15) is 0 Å². The Kier molecular flexibility index (Phi) is 13.2. The van der Waals surface area contributed by atoms with Crippen LogP contribution in [0.1, 0.15) is 78.0 Å². The summed E-state index contributed by atoms with van der Waals surface area (Å²) in [5.74, 6) is 1.55. The van der Waals surface area contributed by atoms with Crippen LogP contribution in [-0.2, 0) is 19.4 Å². The number of nitriles is 1. The molecule has 0 bridgehead atoms. The van der Waals surface area contributed by atoms with Crippen molar-refractivity contribution in [1.82, 2.24) is 4.67 Å². The topological polar surface area (TPSA) is 73.2 Å². The molecule has 0 heterocycles. The Balaban J connectivity index is 2.04. The van der Waals surface area contributed by atoms with E-state index in [2.05, 4.69) is 95.6 Å². The first-order valence-corrected chi connectivity index (χ1v) is 16.4. The summed E-state index contributed by atoms with van der Waals surface area (Å²) in [6, 6.07) is 29.0. The van der Waals surface area contributed by atoms with E-state index in [1.807, 2.05) is 42.5 Å². The molecular weight excluding hydrogens is 571 g/mol. The predicted octanol–water partition coefficient (Wildman–Crippen LogP) is 8.86. The molecule has 7 nitrogen and oxygen atoms in total. The van der Waals surface area contributed by atoms with Crippen LogP contribution in [0.2, 0.25) is 0 Å². The highest BCUT2D eigenvalue weighted by molar-refractivity contribution is 7.44. The van der Waals surface area contributed by atoms with Gasteiger partial charge in [-0.05, 0) is 89.4 Å². The number of hydrogen-bond acceptors (Lipinski definition) is 7. The summed E-state index contributed by atoms with van der Waals surface area (Å²) >= 11 is 0. The molecule has 3 rings (SSSR count). The minimum atomic E-state index is -1.41. The van der Waals surface area contributed by atoms with Gasteiger partial charge in [-0.15, -0.1) is 0 Å². The standard InChI is InChI=1S/C36H49N2O5P/c1-27(2)38(28(3)4)44(41-25-13-24-37)43-35(6,7)26-29(5)42-36(30-14-11-10-12-15-30,31-16-20-33(39-8)21-17-31)32-18-22-34(40-9)23-19-32/h10-12,14-23,27-29H,13,25-26H2,1-9H3. The third-order valence-electron chi connectivity index (χ3n) is 7.32. The molecule has 0 spiro atoms. The van der Waals surface area contributed by atoms with E-state index in [-0.39, 0.29) is 18.2 Å². The molecule has 0 fully saturated rings. The van der Waals surface area contributed by atoms with Crippen molar-refractivity contribution in [3.8, 4) is 17.6 Å². The van der Waals surface area contributed by atoms with Gasteiger partial charge < -0.3 is 23.3 Å². The normalized spacial score (nSPS) is 13.6. The van der Waals surface area contributed by atoms with E-state index in [1.54, 1.807) is 14.2 Å².